The highest BCUT2D eigenvalue weighted by molar-refractivity contribution is 8.16. The van der Waals surface area contributed by atoms with Crippen molar-refractivity contribution in [2.45, 2.75) is 12.5 Å². The minimum atomic E-state index is -1.04. The average molecular weight is 323 g/mol. The van der Waals surface area contributed by atoms with Crippen molar-refractivity contribution in [1.29, 1.82) is 0 Å². The molecule has 0 aromatic heterocycles. The summed E-state index contributed by atoms with van der Waals surface area (Å²) < 4.78 is 0. The van der Waals surface area contributed by atoms with Crippen molar-refractivity contribution in [2.75, 3.05) is 23.0 Å². The lowest BCUT2D eigenvalue weighted by Crippen LogP contribution is -2.38. The Labute approximate surface area is 122 Å². The van der Waals surface area contributed by atoms with Crippen molar-refractivity contribution in [3.63, 3.8) is 0 Å². The minimum Gasteiger partial charge on any atom is -0.481 e. The second-order valence-corrected chi connectivity index (χ2v) is 6.74. The van der Waals surface area contributed by atoms with E-state index in [4.69, 9.17) is 5.11 Å². The zero-order chi connectivity index (χ0) is 14.3. The summed E-state index contributed by atoms with van der Waals surface area (Å²) in [6.07, 6.45) is 0.646. The van der Waals surface area contributed by atoms with Gasteiger partial charge in [-0.15, -0.1) is 11.8 Å². The number of aliphatic carboxylic acids is 1. The van der Waals surface area contributed by atoms with E-state index in [2.05, 4.69) is 5.32 Å². The van der Waals surface area contributed by atoms with Crippen LogP contribution in [-0.2, 0) is 19.2 Å². The van der Waals surface area contributed by atoms with Crippen LogP contribution in [0.3, 0.4) is 0 Å². The molecule has 1 heterocycles. The molecule has 0 saturated carbocycles. The molecule has 0 aromatic rings. The Morgan fingerprint density at radius 3 is 2.63 bits per heavy atom. The first-order valence-corrected chi connectivity index (χ1v) is 8.53. The highest BCUT2D eigenvalue weighted by Gasteiger charge is 2.26. The van der Waals surface area contributed by atoms with Gasteiger partial charge in [-0.05, 0) is 6.42 Å². The average Bonchev–Trinajstić information content (AvgIpc) is 2.72. The predicted octanol–water partition coefficient (Wildman–Crippen LogP) is 0.212. The van der Waals surface area contributed by atoms with Gasteiger partial charge in [-0.25, -0.2) is 0 Å². The lowest BCUT2D eigenvalue weighted by atomic mass is 10.2. The van der Waals surface area contributed by atoms with Gasteiger partial charge in [0.15, 0.2) is 5.12 Å². The van der Waals surface area contributed by atoms with Crippen molar-refractivity contribution < 1.29 is 24.3 Å². The number of amides is 1. The van der Waals surface area contributed by atoms with Gasteiger partial charge in [0.2, 0.25) is 11.0 Å². The van der Waals surface area contributed by atoms with Crippen molar-refractivity contribution in [3.8, 4) is 0 Å². The molecule has 106 valence electrons. The maximum absolute atomic E-state index is 11.5. The SMILES string of the molecule is O=C(O)CSC(=O)CSCC(=O)NC1CCSC1=O. The minimum absolute atomic E-state index is 0.0218. The van der Waals surface area contributed by atoms with Crippen LogP contribution in [0.2, 0.25) is 0 Å². The van der Waals surface area contributed by atoms with Crippen LogP contribution in [0, 0.1) is 0 Å². The summed E-state index contributed by atoms with van der Waals surface area (Å²) in [5, 5.41) is 10.7. The van der Waals surface area contributed by atoms with E-state index in [0.717, 1.165) is 29.3 Å². The Balaban J connectivity index is 2.11. The fraction of sp³-hybridized carbons (Fsp3) is 0.600. The Morgan fingerprint density at radius 1 is 1.32 bits per heavy atom. The molecule has 1 aliphatic rings. The van der Waals surface area contributed by atoms with E-state index >= 15 is 0 Å². The normalized spacial score (nSPS) is 18.3. The third kappa shape index (κ3) is 6.88. The van der Waals surface area contributed by atoms with E-state index in [1.54, 1.807) is 0 Å². The molecular formula is C10H13NO5S3. The van der Waals surface area contributed by atoms with Crippen LogP contribution in [0.4, 0.5) is 0 Å². The molecule has 9 heteroatoms. The third-order valence-corrected chi connectivity index (χ3v) is 5.06. The standard InChI is InChI=1S/C10H13NO5S3/c12-7(11-6-1-2-18-10(6)16)3-17-5-9(15)19-4-8(13)14/h6H,1-5H2,(H,11,12)(H,13,14). The van der Waals surface area contributed by atoms with Gasteiger partial charge in [-0.2, -0.15) is 0 Å². The molecule has 6 nitrogen and oxygen atoms in total. The molecule has 1 amide bonds. The third-order valence-electron chi connectivity index (χ3n) is 2.08. The zero-order valence-corrected chi connectivity index (χ0v) is 12.4. The Morgan fingerprint density at radius 2 is 2.05 bits per heavy atom. The van der Waals surface area contributed by atoms with Crippen LogP contribution in [-0.4, -0.2) is 56.3 Å². The topological polar surface area (TPSA) is 101 Å². The highest BCUT2D eigenvalue weighted by Crippen LogP contribution is 2.19. The first-order chi connectivity index (χ1) is 8.99. The molecule has 1 rings (SSSR count). The van der Waals surface area contributed by atoms with Gasteiger partial charge in [0, 0.05) is 5.75 Å². The molecule has 0 radical (unpaired) electrons. The van der Waals surface area contributed by atoms with Gasteiger partial charge >= 0.3 is 5.97 Å². The highest BCUT2D eigenvalue weighted by atomic mass is 32.2. The van der Waals surface area contributed by atoms with Crippen LogP contribution in [0.5, 0.6) is 0 Å². The second-order valence-electron chi connectivity index (χ2n) is 3.62. The van der Waals surface area contributed by atoms with E-state index in [1.807, 2.05) is 0 Å². The molecular weight excluding hydrogens is 310 g/mol. The molecule has 0 aliphatic carbocycles. The van der Waals surface area contributed by atoms with Crippen molar-refractivity contribution in [1.82, 2.24) is 5.32 Å². The fourth-order valence-electron chi connectivity index (χ4n) is 1.27. The number of hydrogen-bond acceptors (Lipinski definition) is 7. The van der Waals surface area contributed by atoms with Gasteiger partial charge in [-0.3, -0.25) is 19.2 Å². The number of rotatable bonds is 7. The maximum atomic E-state index is 11.5. The van der Waals surface area contributed by atoms with Crippen molar-refractivity contribution >= 4 is 57.4 Å². The molecule has 0 aromatic carbocycles. The lowest BCUT2D eigenvalue weighted by Gasteiger charge is -2.09. The van der Waals surface area contributed by atoms with E-state index in [0.29, 0.717) is 6.42 Å². The van der Waals surface area contributed by atoms with Crippen molar-refractivity contribution in [2.24, 2.45) is 0 Å². The number of hydrogen-bond donors (Lipinski definition) is 2. The largest absolute Gasteiger partial charge is 0.481 e. The smallest absolute Gasteiger partial charge is 0.313 e. The first kappa shape index (κ1) is 16.4. The van der Waals surface area contributed by atoms with Crippen LogP contribution in [0.15, 0.2) is 0 Å². The number of thioether (sulfide) groups is 3. The van der Waals surface area contributed by atoms with E-state index in [1.165, 1.54) is 11.8 Å². The maximum Gasteiger partial charge on any atom is 0.313 e. The van der Waals surface area contributed by atoms with Crippen LogP contribution < -0.4 is 5.32 Å². The molecule has 1 fully saturated rings. The molecule has 0 bridgehead atoms. The molecule has 1 saturated heterocycles. The van der Waals surface area contributed by atoms with Gasteiger partial charge < -0.3 is 10.4 Å². The Bertz CT molecular complexity index is 387. The molecule has 0 spiro atoms. The predicted molar refractivity (Wildman–Crippen MR) is 76.4 cm³/mol. The molecule has 1 atom stereocenters. The number of carboxylic acids is 1. The fourth-order valence-corrected chi connectivity index (χ4v) is 3.61. The Kier molecular flexibility index (Phi) is 7.32. The number of carbonyl (C=O) groups is 4. The summed E-state index contributed by atoms with van der Waals surface area (Å²) in [5.41, 5.74) is 0. The first-order valence-electron chi connectivity index (χ1n) is 5.40. The summed E-state index contributed by atoms with van der Waals surface area (Å²) in [5.74, 6) is -0.687. The summed E-state index contributed by atoms with van der Waals surface area (Å²) in [6, 6.07) is -0.407. The Hall–Kier alpha value is -0.670. The monoisotopic (exact) mass is 323 g/mol. The second kappa shape index (κ2) is 8.49. The number of nitrogens with one attached hydrogen (secondary N) is 1. The van der Waals surface area contributed by atoms with E-state index in [9.17, 15) is 19.2 Å². The molecule has 1 aliphatic heterocycles. The van der Waals surface area contributed by atoms with Crippen LogP contribution >= 0.6 is 35.3 Å². The van der Waals surface area contributed by atoms with Gasteiger partial charge in [0.05, 0.1) is 23.3 Å². The molecule has 1 unspecified atom stereocenters. The van der Waals surface area contributed by atoms with Crippen LogP contribution in [0.25, 0.3) is 0 Å². The van der Waals surface area contributed by atoms with Gasteiger partial charge in [-0.1, -0.05) is 23.5 Å². The summed E-state index contributed by atoms with van der Waals surface area (Å²) in [4.78, 5) is 44.2. The zero-order valence-electron chi connectivity index (χ0n) is 9.92. The van der Waals surface area contributed by atoms with Crippen LogP contribution in [0.1, 0.15) is 6.42 Å². The lowest BCUT2D eigenvalue weighted by molar-refractivity contribution is -0.134. The van der Waals surface area contributed by atoms with Crippen molar-refractivity contribution in [3.05, 3.63) is 0 Å². The number of carboxylic acid groups (broad SMARTS) is 1. The van der Waals surface area contributed by atoms with Gasteiger partial charge in [0.25, 0.3) is 0 Å². The summed E-state index contributed by atoms with van der Waals surface area (Å²) >= 11 is 3.05. The molecule has 2 N–H and O–H groups in total. The summed E-state index contributed by atoms with van der Waals surface area (Å²) in [7, 11) is 0. The summed E-state index contributed by atoms with van der Waals surface area (Å²) in [6.45, 7) is 0. The van der Waals surface area contributed by atoms with Gasteiger partial charge in [0.1, 0.15) is 0 Å². The quantitative estimate of drug-likeness (QED) is 0.686. The van der Waals surface area contributed by atoms with E-state index in [-0.39, 0.29) is 33.4 Å². The molecule has 19 heavy (non-hydrogen) atoms. The number of carbonyl (C=O) groups excluding carboxylic acids is 3. The van der Waals surface area contributed by atoms with E-state index < -0.39 is 12.0 Å².